The first-order chi connectivity index (χ1) is 8.91. The predicted octanol–water partition coefficient (Wildman–Crippen LogP) is 2.37. The topological polar surface area (TPSA) is 49.4 Å². The van der Waals surface area contributed by atoms with Crippen molar-refractivity contribution in [2.75, 3.05) is 20.1 Å². The van der Waals surface area contributed by atoms with Gasteiger partial charge in [-0.25, -0.2) is 8.42 Å². The minimum absolute atomic E-state index is 0.0176. The molecule has 0 radical (unpaired) electrons. The number of nitrogens with one attached hydrogen (secondary N) is 1. The Labute approximate surface area is 123 Å². The number of hydrogen-bond donors (Lipinski definition) is 1. The van der Waals surface area contributed by atoms with Crippen molar-refractivity contribution in [1.29, 1.82) is 0 Å². The largest absolute Gasteiger partial charge is 0.317 e. The molecule has 106 valence electrons. The van der Waals surface area contributed by atoms with Crippen LogP contribution in [-0.2, 0) is 10.0 Å². The predicted molar refractivity (Wildman–Crippen MR) is 77.3 cm³/mol. The van der Waals surface area contributed by atoms with E-state index in [1.807, 2.05) is 0 Å². The molecule has 0 atom stereocenters. The quantitative estimate of drug-likeness (QED) is 0.929. The Hall–Kier alpha value is -0.330. The molecule has 1 fully saturated rings. The highest BCUT2D eigenvalue weighted by molar-refractivity contribution is 7.89. The van der Waals surface area contributed by atoms with Crippen molar-refractivity contribution in [3.63, 3.8) is 0 Å². The van der Waals surface area contributed by atoms with Crippen molar-refractivity contribution in [2.24, 2.45) is 0 Å². The molecule has 19 heavy (non-hydrogen) atoms. The van der Waals surface area contributed by atoms with E-state index in [1.54, 1.807) is 7.05 Å². The van der Waals surface area contributed by atoms with Gasteiger partial charge in [-0.05, 0) is 44.1 Å². The molecule has 1 heterocycles. The molecule has 4 nitrogen and oxygen atoms in total. The van der Waals surface area contributed by atoms with Gasteiger partial charge in [0.1, 0.15) is 0 Å². The van der Waals surface area contributed by atoms with E-state index in [9.17, 15) is 8.42 Å². The molecule has 0 aliphatic carbocycles. The molecule has 1 N–H and O–H groups in total. The summed E-state index contributed by atoms with van der Waals surface area (Å²) in [5.41, 5.74) is 0. The molecule has 2 rings (SSSR count). The molecule has 0 aromatic heterocycles. The number of hydrogen-bond acceptors (Lipinski definition) is 3. The minimum atomic E-state index is -3.55. The molecule has 1 aliphatic heterocycles. The third-order valence-electron chi connectivity index (χ3n) is 3.34. The molecule has 0 spiro atoms. The molecule has 1 aromatic rings. The van der Waals surface area contributed by atoms with Gasteiger partial charge in [0.15, 0.2) is 0 Å². The average Bonchev–Trinajstić information content (AvgIpc) is 2.37. The number of benzene rings is 1. The molecule has 1 saturated heterocycles. The van der Waals surface area contributed by atoms with Crippen molar-refractivity contribution in [3.05, 3.63) is 28.2 Å². The molecule has 1 aromatic carbocycles. The maximum atomic E-state index is 12.5. The maximum Gasteiger partial charge on any atom is 0.243 e. The summed E-state index contributed by atoms with van der Waals surface area (Å²) in [6.45, 7) is 1.67. The zero-order valence-electron chi connectivity index (χ0n) is 10.6. The van der Waals surface area contributed by atoms with Gasteiger partial charge in [0, 0.05) is 23.1 Å². The van der Waals surface area contributed by atoms with Crippen molar-refractivity contribution in [1.82, 2.24) is 9.62 Å². The van der Waals surface area contributed by atoms with Gasteiger partial charge >= 0.3 is 0 Å². The first kappa shape index (κ1) is 15.1. The Morgan fingerprint density at radius 1 is 1.16 bits per heavy atom. The zero-order valence-corrected chi connectivity index (χ0v) is 12.9. The van der Waals surface area contributed by atoms with E-state index in [0.29, 0.717) is 10.0 Å². The van der Waals surface area contributed by atoms with E-state index in [-0.39, 0.29) is 10.9 Å². The van der Waals surface area contributed by atoms with Crippen LogP contribution < -0.4 is 5.32 Å². The Morgan fingerprint density at radius 3 is 2.21 bits per heavy atom. The summed E-state index contributed by atoms with van der Waals surface area (Å²) in [7, 11) is -1.94. The monoisotopic (exact) mass is 322 g/mol. The number of halogens is 2. The molecule has 0 saturated carbocycles. The normalized spacial score (nSPS) is 17.9. The number of rotatable bonds is 3. The van der Waals surface area contributed by atoms with E-state index in [0.717, 1.165) is 25.9 Å². The summed E-state index contributed by atoms with van der Waals surface area (Å²) in [6, 6.07) is 4.40. The second-order valence-electron chi connectivity index (χ2n) is 4.61. The van der Waals surface area contributed by atoms with Crippen molar-refractivity contribution in [3.8, 4) is 0 Å². The fourth-order valence-corrected chi connectivity index (χ4v) is 4.35. The van der Waals surface area contributed by atoms with E-state index < -0.39 is 10.0 Å². The second-order valence-corrected chi connectivity index (χ2v) is 7.48. The van der Waals surface area contributed by atoms with Gasteiger partial charge in [-0.15, -0.1) is 0 Å². The lowest BCUT2D eigenvalue weighted by atomic mass is 10.1. The van der Waals surface area contributed by atoms with Crippen LogP contribution in [0.4, 0.5) is 0 Å². The zero-order chi connectivity index (χ0) is 14.0. The summed E-state index contributed by atoms with van der Waals surface area (Å²) in [6.07, 6.45) is 1.62. The number of sulfonamides is 1. The minimum Gasteiger partial charge on any atom is -0.317 e. The number of piperidine rings is 1. The second kappa shape index (κ2) is 5.97. The van der Waals surface area contributed by atoms with E-state index >= 15 is 0 Å². The molecule has 0 amide bonds. The Morgan fingerprint density at radius 2 is 1.68 bits per heavy atom. The van der Waals surface area contributed by atoms with Crippen LogP contribution in [0.15, 0.2) is 23.1 Å². The van der Waals surface area contributed by atoms with Crippen LogP contribution in [0.1, 0.15) is 12.8 Å². The summed E-state index contributed by atoms with van der Waals surface area (Å²) < 4.78 is 26.5. The Balaban J connectivity index is 2.30. The number of nitrogens with zero attached hydrogens (tertiary/aromatic N) is 1. The SMILES string of the molecule is CN(C1CCNCC1)S(=O)(=O)c1cc(Cl)cc(Cl)c1. The van der Waals surface area contributed by atoms with Crippen molar-refractivity contribution >= 4 is 33.2 Å². The lowest BCUT2D eigenvalue weighted by Crippen LogP contribution is -2.43. The smallest absolute Gasteiger partial charge is 0.243 e. The standard InChI is InChI=1S/C12H16Cl2N2O2S/c1-16(11-2-4-15-5-3-11)19(17,18)12-7-9(13)6-10(14)8-12/h6-8,11,15H,2-5H2,1H3. The van der Waals surface area contributed by atoms with Crippen LogP contribution in [0.2, 0.25) is 10.0 Å². The van der Waals surface area contributed by atoms with Gasteiger partial charge in [0.05, 0.1) is 4.90 Å². The Bertz CT molecular complexity index is 537. The highest BCUT2D eigenvalue weighted by Crippen LogP contribution is 2.26. The van der Waals surface area contributed by atoms with Gasteiger partial charge in [-0.2, -0.15) is 4.31 Å². The van der Waals surface area contributed by atoms with E-state index in [2.05, 4.69) is 5.32 Å². The van der Waals surface area contributed by atoms with Crippen LogP contribution in [-0.4, -0.2) is 38.9 Å². The summed E-state index contributed by atoms with van der Waals surface area (Å²) in [4.78, 5) is 0.144. The third kappa shape index (κ3) is 3.41. The fraction of sp³-hybridized carbons (Fsp3) is 0.500. The first-order valence-corrected chi connectivity index (χ1v) is 8.26. The highest BCUT2D eigenvalue weighted by Gasteiger charge is 2.29. The van der Waals surface area contributed by atoms with Crippen molar-refractivity contribution < 1.29 is 8.42 Å². The molecule has 7 heteroatoms. The van der Waals surface area contributed by atoms with Crippen LogP contribution in [0.3, 0.4) is 0 Å². The first-order valence-electron chi connectivity index (χ1n) is 6.06. The lowest BCUT2D eigenvalue weighted by molar-refractivity contribution is 0.296. The van der Waals surface area contributed by atoms with Crippen LogP contribution in [0.5, 0.6) is 0 Å². The summed E-state index contributed by atoms with van der Waals surface area (Å²) in [5.74, 6) is 0. The lowest BCUT2D eigenvalue weighted by Gasteiger charge is -2.30. The highest BCUT2D eigenvalue weighted by atomic mass is 35.5. The van der Waals surface area contributed by atoms with Gasteiger partial charge in [0.2, 0.25) is 10.0 Å². The van der Waals surface area contributed by atoms with E-state index in [1.165, 1.54) is 22.5 Å². The molecule has 0 bridgehead atoms. The van der Waals surface area contributed by atoms with Gasteiger partial charge in [0.25, 0.3) is 0 Å². The average molecular weight is 323 g/mol. The van der Waals surface area contributed by atoms with Gasteiger partial charge in [-0.1, -0.05) is 23.2 Å². The summed E-state index contributed by atoms with van der Waals surface area (Å²) >= 11 is 11.7. The fourth-order valence-electron chi connectivity index (χ4n) is 2.21. The van der Waals surface area contributed by atoms with Gasteiger partial charge < -0.3 is 5.32 Å². The van der Waals surface area contributed by atoms with Crippen molar-refractivity contribution in [2.45, 2.75) is 23.8 Å². The molecular weight excluding hydrogens is 307 g/mol. The van der Waals surface area contributed by atoms with Crippen LogP contribution in [0, 0.1) is 0 Å². The Kier molecular flexibility index (Phi) is 4.74. The summed E-state index contributed by atoms with van der Waals surface area (Å²) in [5, 5.41) is 3.86. The van der Waals surface area contributed by atoms with Crippen LogP contribution >= 0.6 is 23.2 Å². The molecule has 1 aliphatic rings. The van der Waals surface area contributed by atoms with Gasteiger partial charge in [-0.3, -0.25) is 0 Å². The van der Waals surface area contributed by atoms with Crippen LogP contribution in [0.25, 0.3) is 0 Å². The van der Waals surface area contributed by atoms with E-state index in [4.69, 9.17) is 23.2 Å². The molecule has 0 unspecified atom stereocenters. The maximum absolute atomic E-state index is 12.5. The third-order valence-corrected chi connectivity index (χ3v) is 5.66. The molecular formula is C12H16Cl2N2O2S.